The van der Waals surface area contributed by atoms with Crippen LogP contribution in [0, 0.1) is 0 Å². The number of allylic oxidation sites excluding steroid dienone is 1. The highest BCUT2D eigenvalue weighted by molar-refractivity contribution is 6.12. The SMILES string of the molecule is C=Cc1oc2c(-c3cccc(N(c4ccc(-c5ccccc5)cc4)c4cc5c(c6ccccc46)-c4ccc(N(c6ccc(-c7ccccc7)cc6)c6cccc(-c7cccc8c7oc7ccccc78)c6)cc4C5(C)C)c3)cccc2c1C=CC. The maximum absolute atomic E-state index is 6.63. The zero-order valence-corrected chi connectivity index (χ0v) is 47.1. The van der Waals surface area contributed by atoms with Crippen LogP contribution < -0.4 is 9.80 Å². The molecule has 4 heteroatoms. The molecule has 4 nitrogen and oxygen atoms in total. The molecule has 14 aromatic rings. The van der Waals surface area contributed by atoms with Gasteiger partial charge in [0.15, 0.2) is 0 Å². The van der Waals surface area contributed by atoms with E-state index in [1.54, 1.807) is 6.08 Å². The van der Waals surface area contributed by atoms with Gasteiger partial charge in [0.2, 0.25) is 0 Å². The lowest BCUT2D eigenvalue weighted by molar-refractivity contribution is 0.604. The monoisotopic (exact) mass is 1080 g/mol. The Morgan fingerprint density at radius 3 is 1.49 bits per heavy atom. The minimum Gasteiger partial charge on any atom is -0.455 e. The molecule has 0 spiro atoms. The third kappa shape index (κ3) is 8.37. The standard InChI is InChI=1S/C80H58N2O2/c1-5-21-66-69-35-19-33-63(78(69)83-75(66)6-2)57-27-18-29-61(49-57)82(59-44-40-55(41-45-59)53-24-11-8-12-25-53)74-51-73-77(68-32-14-13-30-65(68)74)71-47-46-62(50-72(71)80(73,3)4)81(58-42-38-54(39-43-58)52-22-9-7-10-23-52)60-28-17-26-56(48-60)64-34-20-36-70-67-31-15-16-37-76(67)84-79(64)70/h5-51H,2H2,1,3-4H3. The molecule has 0 aliphatic heterocycles. The Labute approximate surface area is 489 Å². The zero-order valence-electron chi connectivity index (χ0n) is 47.1. The second kappa shape index (κ2) is 20.4. The molecule has 1 aliphatic carbocycles. The first-order valence-electron chi connectivity index (χ1n) is 28.9. The number of fused-ring (bicyclic) bond motifs is 9. The predicted molar refractivity (Wildman–Crippen MR) is 354 cm³/mol. The van der Waals surface area contributed by atoms with Gasteiger partial charge in [-0.2, -0.15) is 0 Å². The van der Waals surface area contributed by atoms with Crippen molar-refractivity contribution < 1.29 is 8.83 Å². The van der Waals surface area contributed by atoms with E-state index < -0.39 is 5.41 Å². The van der Waals surface area contributed by atoms with Gasteiger partial charge in [-0.1, -0.05) is 227 Å². The molecule has 400 valence electrons. The van der Waals surface area contributed by atoms with Crippen LogP contribution in [0.3, 0.4) is 0 Å². The van der Waals surface area contributed by atoms with Gasteiger partial charge in [0.1, 0.15) is 22.5 Å². The van der Waals surface area contributed by atoms with Crippen LogP contribution in [-0.2, 0) is 5.41 Å². The van der Waals surface area contributed by atoms with Gasteiger partial charge in [0.05, 0.1) is 5.69 Å². The summed E-state index contributed by atoms with van der Waals surface area (Å²) in [7, 11) is 0. The van der Waals surface area contributed by atoms with E-state index in [9.17, 15) is 0 Å². The van der Waals surface area contributed by atoms with Crippen LogP contribution in [0.25, 0.3) is 111 Å². The first-order valence-corrected chi connectivity index (χ1v) is 28.9. The van der Waals surface area contributed by atoms with E-state index in [-0.39, 0.29) is 0 Å². The molecule has 84 heavy (non-hydrogen) atoms. The van der Waals surface area contributed by atoms with E-state index in [1.165, 1.54) is 44.3 Å². The average Bonchev–Trinajstić information content (AvgIpc) is 1.72. The van der Waals surface area contributed by atoms with Gasteiger partial charge in [-0.05, 0) is 147 Å². The Kier molecular flexibility index (Phi) is 12.2. The highest BCUT2D eigenvalue weighted by Crippen LogP contribution is 2.56. The van der Waals surface area contributed by atoms with Crippen molar-refractivity contribution in [2.45, 2.75) is 26.2 Å². The normalized spacial score (nSPS) is 12.6. The summed E-state index contributed by atoms with van der Waals surface area (Å²) in [5.41, 5.74) is 23.6. The van der Waals surface area contributed by atoms with Crippen molar-refractivity contribution in [2.24, 2.45) is 0 Å². The average molecular weight is 1080 g/mol. The first kappa shape index (κ1) is 50.3. The maximum Gasteiger partial charge on any atom is 0.143 e. The van der Waals surface area contributed by atoms with Gasteiger partial charge in [0, 0.05) is 72.1 Å². The number of para-hydroxylation sites is 3. The van der Waals surface area contributed by atoms with Crippen LogP contribution in [0.2, 0.25) is 0 Å². The zero-order chi connectivity index (χ0) is 56.5. The second-order valence-corrected chi connectivity index (χ2v) is 22.4. The number of hydrogen-bond acceptors (Lipinski definition) is 4. The molecule has 0 amide bonds. The summed E-state index contributed by atoms with van der Waals surface area (Å²) in [5.74, 6) is 0.764. The van der Waals surface area contributed by atoms with Crippen molar-refractivity contribution in [2.75, 3.05) is 9.80 Å². The molecule has 0 fully saturated rings. The van der Waals surface area contributed by atoms with Crippen molar-refractivity contribution in [3.63, 3.8) is 0 Å². The Morgan fingerprint density at radius 1 is 0.369 bits per heavy atom. The summed E-state index contributed by atoms with van der Waals surface area (Å²) in [5, 5.41) is 5.66. The predicted octanol–water partition coefficient (Wildman–Crippen LogP) is 23.1. The fraction of sp³-hybridized carbons (Fsp3) is 0.0500. The van der Waals surface area contributed by atoms with Gasteiger partial charge < -0.3 is 18.6 Å². The van der Waals surface area contributed by atoms with Crippen molar-refractivity contribution >= 4 is 90.0 Å². The lowest BCUT2D eigenvalue weighted by Gasteiger charge is -2.30. The highest BCUT2D eigenvalue weighted by Gasteiger charge is 2.39. The van der Waals surface area contributed by atoms with Crippen LogP contribution >= 0.6 is 0 Å². The Hall–Kier alpha value is -10.7. The van der Waals surface area contributed by atoms with Crippen molar-refractivity contribution in [3.8, 4) is 55.6 Å². The molecule has 0 saturated carbocycles. The number of furan rings is 2. The third-order valence-corrected chi connectivity index (χ3v) is 17.1. The van der Waals surface area contributed by atoms with Crippen LogP contribution in [0.1, 0.15) is 43.2 Å². The van der Waals surface area contributed by atoms with E-state index in [0.717, 1.165) is 112 Å². The number of hydrogen-bond donors (Lipinski definition) is 0. The van der Waals surface area contributed by atoms with Crippen molar-refractivity contribution in [1.29, 1.82) is 0 Å². The Bertz CT molecular complexity index is 4890. The fourth-order valence-corrected chi connectivity index (χ4v) is 13.1. The van der Waals surface area contributed by atoms with Crippen LogP contribution in [-0.4, -0.2) is 0 Å². The fourth-order valence-electron chi connectivity index (χ4n) is 13.1. The smallest absolute Gasteiger partial charge is 0.143 e. The van der Waals surface area contributed by atoms with E-state index >= 15 is 0 Å². The summed E-state index contributed by atoms with van der Waals surface area (Å²) in [6.45, 7) is 10.9. The van der Waals surface area contributed by atoms with E-state index in [1.807, 2.05) is 13.0 Å². The summed E-state index contributed by atoms with van der Waals surface area (Å²) in [6, 6.07) is 96.9. The molecule has 2 heterocycles. The quantitative estimate of drug-likeness (QED) is 0.122. The van der Waals surface area contributed by atoms with Gasteiger partial charge >= 0.3 is 0 Å². The van der Waals surface area contributed by atoms with Crippen LogP contribution in [0.15, 0.2) is 288 Å². The minimum atomic E-state index is -0.409. The summed E-state index contributed by atoms with van der Waals surface area (Å²) in [6.07, 6.45) is 5.97. The summed E-state index contributed by atoms with van der Waals surface area (Å²) >= 11 is 0. The van der Waals surface area contributed by atoms with Crippen LogP contribution in [0.5, 0.6) is 0 Å². The van der Waals surface area contributed by atoms with Crippen molar-refractivity contribution in [3.05, 3.63) is 302 Å². The Balaban J connectivity index is 0.887. The molecule has 0 atom stereocenters. The largest absolute Gasteiger partial charge is 0.455 e. The first-order chi connectivity index (χ1) is 41.3. The topological polar surface area (TPSA) is 32.8 Å². The maximum atomic E-state index is 6.63. The Morgan fingerprint density at radius 2 is 0.857 bits per heavy atom. The molecule has 0 N–H and O–H groups in total. The summed E-state index contributed by atoms with van der Waals surface area (Å²) < 4.78 is 13.2. The van der Waals surface area contributed by atoms with Crippen molar-refractivity contribution in [1.82, 2.24) is 0 Å². The molecule has 15 rings (SSSR count). The number of rotatable bonds is 12. The molecule has 0 radical (unpaired) electrons. The molecule has 0 unspecified atom stereocenters. The molecular weight excluding hydrogens is 1020 g/mol. The molecule has 0 saturated heterocycles. The molecule has 12 aromatic carbocycles. The van der Waals surface area contributed by atoms with Gasteiger partial charge in [-0.15, -0.1) is 0 Å². The van der Waals surface area contributed by atoms with Gasteiger partial charge in [0.25, 0.3) is 0 Å². The lowest BCUT2D eigenvalue weighted by atomic mass is 9.81. The lowest BCUT2D eigenvalue weighted by Crippen LogP contribution is -2.18. The van der Waals surface area contributed by atoms with Gasteiger partial charge in [-0.25, -0.2) is 0 Å². The van der Waals surface area contributed by atoms with E-state index in [2.05, 4.69) is 303 Å². The molecule has 2 aromatic heterocycles. The minimum absolute atomic E-state index is 0.409. The van der Waals surface area contributed by atoms with E-state index in [4.69, 9.17) is 8.83 Å². The van der Waals surface area contributed by atoms with E-state index in [0.29, 0.717) is 0 Å². The highest BCUT2D eigenvalue weighted by atomic mass is 16.3. The summed E-state index contributed by atoms with van der Waals surface area (Å²) in [4.78, 5) is 4.87. The molecular formula is C80H58N2O2. The molecule has 0 bridgehead atoms. The third-order valence-electron chi connectivity index (χ3n) is 17.1. The van der Waals surface area contributed by atoms with Gasteiger partial charge in [-0.3, -0.25) is 0 Å². The molecule has 1 aliphatic rings. The van der Waals surface area contributed by atoms with Crippen LogP contribution in [0.4, 0.5) is 34.1 Å². The second-order valence-electron chi connectivity index (χ2n) is 22.4. The number of anilines is 6. The number of nitrogens with zero attached hydrogens (tertiary/aromatic N) is 2. The number of benzene rings is 12.